The second-order valence-electron chi connectivity index (χ2n) is 23.9. The molecule has 0 radical (unpaired) electrons. The SMILES string of the molecule is CCCCCCCCCCC(=O)OC[C@H](COP(=O)(O)OC[C@H](O)COP(=O)(O)OC[C@@H](COC(=O)CCCCCCCCCCC(C)C)OC(=O)CCCCCCCCCCC(C)C)OC(=O)CCCCCCCCCCC(C)C. The molecule has 17 nitrogen and oxygen atoms in total. The summed E-state index contributed by atoms with van der Waals surface area (Å²) < 4.78 is 67.8. The van der Waals surface area contributed by atoms with E-state index in [1.807, 2.05) is 0 Å². The zero-order valence-corrected chi connectivity index (χ0v) is 54.0. The highest BCUT2D eigenvalue weighted by molar-refractivity contribution is 7.47. The smallest absolute Gasteiger partial charge is 0.462 e. The Morgan fingerprint density at radius 3 is 0.840 bits per heavy atom. The molecular weight excluding hydrogens is 1080 g/mol. The van der Waals surface area contributed by atoms with Crippen LogP contribution in [0.4, 0.5) is 0 Å². The van der Waals surface area contributed by atoms with E-state index in [-0.39, 0.29) is 25.7 Å². The number of hydrogen-bond donors (Lipinski definition) is 3. The van der Waals surface area contributed by atoms with Gasteiger partial charge in [0.1, 0.15) is 19.3 Å². The van der Waals surface area contributed by atoms with E-state index in [4.69, 9.17) is 37.0 Å². The fourth-order valence-corrected chi connectivity index (χ4v) is 10.7. The first kappa shape index (κ1) is 79.1. The molecule has 0 aliphatic rings. The summed E-state index contributed by atoms with van der Waals surface area (Å²) in [5.74, 6) is 0.0193. The number of phosphoric ester groups is 2. The van der Waals surface area contributed by atoms with Crippen LogP contribution in [0.5, 0.6) is 0 Å². The van der Waals surface area contributed by atoms with Gasteiger partial charge in [-0.05, 0) is 43.4 Å². The van der Waals surface area contributed by atoms with Crippen LogP contribution in [0.25, 0.3) is 0 Å². The van der Waals surface area contributed by atoms with Gasteiger partial charge in [-0.2, -0.15) is 0 Å². The highest BCUT2D eigenvalue weighted by Gasteiger charge is 2.30. The third kappa shape index (κ3) is 56.9. The van der Waals surface area contributed by atoms with Crippen LogP contribution in [0.1, 0.15) is 299 Å². The van der Waals surface area contributed by atoms with Crippen LogP contribution in [0.15, 0.2) is 0 Å². The van der Waals surface area contributed by atoms with Crippen LogP contribution < -0.4 is 0 Å². The number of carbonyl (C=O) groups excluding carboxylic acids is 4. The number of carbonyl (C=O) groups is 4. The van der Waals surface area contributed by atoms with Gasteiger partial charge in [-0.15, -0.1) is 0 Å². The van der Waals surface area contributed by atoms with E-state index in [0.29, 0.717) is 25.7 Å². The zero-order valence-electron chi connectivity index (χ0n) is 52.2. The molecule has 0 aromatic carbocycles. The van der Waals surface area contributed by atoms with Gasteiger partial charge in [-0.3, -0.25) is 37.3 Å². The van der Waals surface area contributed by atoms with E-state index in [0.717, 1.165) is 114 Å². The lowest BCUT2D eigenvalue weighted by Crippen LogP contribution is -2.30. The molecule has 0 rings (SSSR count). The van der Waals surface area contributed by atoms with Crippen molar-refractivity contribution in [2.75, 3.05) is 39.6 Å². The minimum Gasteiger partial charge on any atom is -0.462 e. The minimum absolute atomic E-state index is 0.103. The van der Waals surface area contributed by atoms with Gasteiger partial charge in [-0.1, -0.05) is 248 Å². The monoisotopic (exact) mass is 1200 g/mol. The summed E-state index contributed by atoms with van der Waals surface area (Å²) in [6, 6.07) is 0. The van der Waals surface area contributed by atoms with Crippen molar-refractivity contribution in [1.82, 2.24) is 0 Å². The van der Waals surface area contributed by atoms with Crippen LogP contribution in [0.3, 0.4) is 0 Å². The summed E-state index contributed by atoms with van der Waals surface area (Å²) in [7, 11) is -9.88. The van der Waals surface area contributed by atoms with Crippen molar-refractivity contribution in [3.05, 3.63) is 0 Å². The van der Waals surface area contributed by atoms with Crippen molar-refractivity contribution in [3.8, 4) is 0 Å². The third-order valence-corrected chi connectivity index (χ3v) is 16.0. The number of esters is 4. The molecule has 2 unspecified atom stereocenters. The molecule has 0 fully saturated rings. The molecule has 0 saturated carbocycles. The van der Waals surface area contributed by atoms with Gasteiger partial charge in [0.2, 0.25) is 0 Å². The van der Waals surface area contributed by atoms with E-state index in [1.54, 1.807) is 0 Å². The Balaban J connectivity index is 5.24. The second-order valence-corrected chi connectivity index (χ2v) is 26.8. The Bertz CT molecular complexity index is 1610. The maximum Gasteiger partial charge on any atom is 0.472 e. The lowest BCUT2D eigenvalue weighted by atomic mass is 10.0. The van der Waals surface area contributed by atoms with Crippen LogP contribution in [-0.2, 0) is 65.4 Å². The van der Waals surface area contributed by atoms with Crippen molar-refractivity contribution in [2.24, 2.45) is 17.8 Å². The van der Waals surface area contributed by atoms with Gasteiger partial charge < -0.3 is 33.8 Å². The van der Waals surface area contributed by atoms with Crippen molar-refractivity contribution >= 4 is 39.5 Å². The first-order valence-corrected chi connectivity index (χ1v) is 35.3. The first-order valence-electron chi connectivity index (χ1n) is 32.3. The fourth-order valence-electron chi connectivity index (χ4n) is 9.13. The Kier molecular flexibility index (Phi) is 52.2. The van der Waals surface area contributed by atoms with Gasteiger partial charge in [0.05, 0.1) is 26.4 Å². The summed E-state index contributed by atoms with van der Waals surface area (Å²) in [6.45, 7) is 11.6. The molecule has 0 aliphatic heterocycles. The molecule has 0 spiro atoms. The number of hydrogen-bond acceptors (Lipinski definition) is 15. The van der Waals surface area contributed by atoms with Crippen LogP contribution in [-0.4, -0.2) is 96.7 Å². The predicted octanol–water partition coefficient (Wildman–Crippen LogP) is 16.7. The number of ether oxygens (including phenoxy) is 4. The molecule has 3 N–H and O–H groups in total. The highest BCUT2D eigenvalue weighted by Crippen LogP contribution is 2.45. The standard InChI is InChI=1S/C62H120O17P2/c1-8-9-10-11-12-22-29-36-43-59(64)72-49-57(78-61(66)45-38-31-24-17-14-20-27-34-41-54(4)5)51-76-80(68,69)74-47-56(63)48-75-81(70,71)77-52-58(79-62(67)46-39-32-25-18-15-21-28-35-42-55(6)7)50-73-60(65)44-37-30-23-16-13-19-26-33-40-53(2)3/h53-58,63H,8-52H2,1-7H3,(H,68,69)(H,70,71)/t56-,57+,58+/m0/s1. The van der Waals surface area contributed by atoms with Crippen LogP contribution >= 0.6 is 15.6 Å². The van der Waals surface area contributed by atoms with Crippen molar-refractivity contribution in [1.29, 1.82) is 0 Å². The molecule has 19 heteroatoms. The maximum absolute atomic E-state index is 12.9. The molecule has 480 valence electrons. The Morgan fingerprint density at radius 2 is 0.568 bits per heavy atom. The molecule has 0 aromatic rings. The van der Waals surface area contributed by atoms with Crippen LogP contribution in [0, 0.1) is 17.8 Å². The summed E-state index contributed by atoms with van der Waals surface area (Å²) in [6.07, 6.45) is 33.6. The minimum atomic E-state index is -4.94. The van der Waals surface area contributed by atoms with Gasteiger partial charge >= 0.3 is 39.5 Å². The number of aliphatic hydroxyl groups is 1. The number of aliphatic hydroxyl groups excluding tert-OH is 1. The average Bonchev–Trinajstić information content (AvgIpc) is 3.41. The quantitative estimate of drug-likeness (QED) is 0.0222. The topological polar surface area (TPSA) is 237 Å². The fraction of sp³-hybridized carbons (Fsp3) is 0.935. The molecule has 0 bridgehead atoms. The predicted molar refractivity (Wildman–Crippen MR) is 321 cm³/mol. The Hall–Kier alpha value is -1.94. The van der Waals surface area contributed by atoms with E-state index in [2.05, 4.69) is 48.5 Å². The number of rotatable bonds is 60. The molecule has 0 aromatic heterocycles. The van der Waals surface area contributed by atoms with Crippen molar-refractivity contribution in [3.63, 3.8) is 0 Å². The van der Waals surface area contributed by atoms with Gasteiger partial charge in [0.15, 0.2) is 12.2 Å². The van der Waals surface area contributed by atoms with Crippen molar-refractivity contribution in [2.45, 2.75) is 317 Å². The largest absolute Gasteiger partial charge is 0.472 e. The number of unbranched alkanes of at least 4 members (excludes halogenated alkanes) is 28. The van der Waals surface area contributed by atoms with Gasteiger partial charge in [-0.25, -0.2) is 9.13 Å². The first-order chi connectivity index (χ1) is 38.7. The van der Waals surface area contributed by atoms with E-state index in [1.165, 1.54) is 103 Å². The summed E-state index contributed by atoms with van der Waals surface area (Å²) in [5.41, 5.74) is 0. The highest BCUT2D eigenvalue weighted by atomic mass is 31.2. The zero-order chi connectivity index (χ0) is 60.3. The summed E-state index contributed by atoms with van der Waals surface area (Å²) in [4.78, 5) is 72.0. The Labute approximate surface area is 492 Å². The van der Waals surface area contributed by atoms with Gasteiger partial charge in [0.25, 0.3) is 0 Å². The van der Waals surface area contributed by atoms with E-state index >= 15 is 0 Å². The lowest BCUT2D eigenvalue weighted by molar-refractivity contribution is -0.161. The maximum atomic E-state index is 12.9. The third-order valence-electron chi connectivity index (χ3n) is 14.1. The number of phosphoric acid groups is 2. The molecule has 0 aliphatic carbocycles. The molecule has 0 saturated heterocycles. The molecule has 0 heterocycles. The summed E-state index contributed by atoms with van der Waals surface area (Å²) >= 11 is 0. The van der Waals surface area contributed by atoms with Crippen LogP contribution in [0.2, 0.25) is 0 Å². The average molecular weight is 1200 g/mol. The van der Waals surface area contributed by atoms with E-state index < -0.39 is 97.5 Å². The van der Waals surface area contributed by atoms with Crippen molar-refractivity contribution < 1.29 is 80.2 Å². The molecule has 5 atom stereocenters. The Morgan fingerprint density at radius 1 is 0.333 bits per heavy atom. The molecular formula is C62H120O17P2. The second kappa shape index (κ2) is 53.5. The summed E-state index contributed by atoms with van der Waals surface area (Å²) in [5, 5.41) is 10.5. The molecule has 0 amide bonds. The van der Waals surface area contributed by atoms with E-state index in [9.17, 15) is 43.2 Å². The normalized spacial score (nSPS) is 14.4. The molecule has 81 heavy (non-hydrogen) atoms. The van der Waals surface area contributed by atoms with Gasteiger partial charge in [0, 0.05) is 25.7 Å². The lowest BCUT2D eigenvalue weighted by Gasteiger charge is -2.21.